The van der Waals surface area contributed by atoms with Gasteiger partial charge in [-0.15, -0.1) is 11.3 Å². The van der Waals surface area contributed by atoms with Crippen molar-refractivity contribution in [2.75, 3.05) is 37.6 Å². The Hall–Kier alpha value is -2.20. The van der Waals surface area contributed by atoms with Gasteiger partial charge in [0.15, 0.2) is 5.78 Å². The molecule has 2 aromatic rings. The van der Waals surface area contributed by atoms with E-state index in [1.165, 1.54) is 18.2 Å². The van der Waals surface area contributed by atoms with Gasteiger partial charge in [0.2, 0.25) is 5.91 Å². The second kappa shape index (κ2) is 8.97. The molecule has 2 fully saturated rings. The molecule has 0 spiro atoms. The Morgan fingerprint density at radius 2 is 2.03 bits per heavy atom. The normalized spacial score (nSPS) is 20.0. The van der Waals surface area contributed by atoms with E-state index in [0.717, 1.165) is 23.9 Å². The van der Waals surface area contributed by atoms with E-state index in [9.17, 15) is 22.8 Å². The predicted octanol–water partition coefficient (Wildman–Crippen LogP) is 3.94. The number of carbonyl (C=O) groups excluding carboxylic acids is 2. The molecule has 1 amide bonds. The highest BCUT2D eigenvalue weighted by molar-refractivity contribution is 7.17. The van der Waals surface area contributed by atoms with Crippen molar-refractivity contribution in [1.29, 1.82) is 0 Å². The van der Waals surface area contributed by atoms with Crippen LogP contribution in [0.2, 0.25) is 0 Å². The van der Waals surface area contributed by atoms with E-state index in [2.05, 4.69) is 10.3 Å². The summed E-state index contributed by atoms with van der Waals surface area (Å²) in [6.45, 7) is 6.09. The lowest BCUT2D eigenvalue weighted by Gasteiger charge is -2.40. The maximum Gasteiger partial charge on any atom is 0.417 e. The van der Waals surface area contributed by atoms with E-state index < -0.39 is 11.7 Å². The highest BCUT2D eigenvalue weighted by atomic mass is 32.1. The summed E-state index contributed by atoms with van der Waals surface area (Å²) in [5, 5.41) is 4.43. The molecule has 6 nitrogen and oxygen atoms in total. The van der Waals surface area contributed by atoms with E-state index in [0.29, 0.717) is 25.6 Å². The van der Waals surface area contributed by atoms with Gasteiger partial charge >= 0.3 is 6.18 Å². The number of pyridine rings is 1. The Balaban J connectivity index is 1.54. The first-order chi connectivity index (χ1) is 15.2. The van der Waals surface area contributed by atoms with E-state index in [-0.39, 0.29) is 52.3 Å². The monoisotopic (exact) mass is 468 g/mol. The minimum absolute atomic E-state index is 0.00271. The van der Waals surface area contributed by atoms with Crippen LogP contribution < -0.4 is 10.2 Å². The molecule has 0 bridgehead atoms. The largest absolute Gasteiger partial charge is 0.417 e. The smallest absolute Gasteiger partial charge is 0.355 e. The number of alkyl halides is 3. The van der Waals surface area contributed by atoms with E-state index in [1.54, 1.807) is 6.92 Å². The molecule has 0 unspecified atom stereocenters. The highest BCUT2D eigenvalue weighted by Gasteiger charge is 2.36. The molecule has 1 aliphatic heterocycles. The summed E-state index contributed by atoms with van der Waals surface area (Å²) in [5.41, 5.74) is -0.382. The number of halogens is 3. The van der Waals surface area contributed by atoms with Gasteiger partial charge < -0.3 is 10.2 Å². The first kappa shape index (κ1) is 23.0. The number of nitrogens with zero attached hydrogens (tertiary/aromatic N) is 3. The van der Waals surface area contributed by atoms with Gasteiger partial charge in [-0.05, 0) is 31.7 Å². The number of thiophene rings is 1. The molecule has 3 heterocycles. The number of hydrogen-bond donors (Lipinski definition) is 1. The van der Waals surface area contributed by atoms with Crippen molar-refractivity contribution < 1.29 is 22.8 Å². The standard InChI is InChI=1S/C22H27F3N4O2S/c1-3-17(30)15-12-32-21-16(22(23,24)25)8-18(27-20(15)21)29-7-6-28(13(2)10-29)11-19(31)26-9-14-4-5-14/h8,12-14H,3-7,9-11H2,1-2H3,(H,26,31)/t13-/m0/s1. The minimum atomic E-state index is -4.54. The summed E-state index contributed by atoms with van der Waals surface area (Å²) in [6.07, 6.45) is -2.00. The van der Waals surface area contributed by atoms with E-state index >= 15 is 0 Å². The lowest BCUT2D eigenvalue weighted by atomic mass is 10.1. The van der Waals surface area contributed by atoms with Gasteiger partial charge in [-0.3, -0.25) is 14.5 Å². The van der Waals surface area contributed by atoms with E-state index in [4.69, 9.17) is 0 Å². The predicted molar refractivity (Wildman–Crippen MR) is 118 cm³/mol. The van der Waals surface area contributed by atoms with Crippen LogP contribution in [-0.4, -0.2) is 60.3 Å². The summed E-state index contributed by atoms with van der Waals surface area (Å²) in [6, 6.07) is 1.06. The number of hydrogen-bond acceptors (Lipinski definition) is 6. The molecule has 1 saturated carbocycles. The number of anilines is 1. The van der Waals surface area contributed by atoms with Crippen molar-refractivity contribution in [3.8, 4) is 0 Å². The lowest BCUT2D eigenvalue weighted by Crippen LogP contribution is -2.54. The van der Waals surface area contributed by atoms with Crippen molar-refractivity contribution in [2.45, 2.75) is 45.3 Å². The number of amides is 1. The molecule has 32 heavy (non-hydrogen) atoms. The van der Waals surface area contributed by atoms with Crippen molar-refractivity contribution in [3.05, 3.63) is 22.6 Å². The van der Waals surface area contributed by atoms with E-state index in [1.807, 2.05) is 16.7 Å². The summed E-state index contributed by atoms with van der Waals surface area (Å²) >= 11 is 0.911. The quantitative estimate of drug-likeness (QED) is 0.624. The third kappa shape index (κ3) is 4.91. The molecule has 1 saturated heterocycles. The van der Waals surface area contributed by atoms with Gasteiger partial charge in [0.05, 0.1) is 27.9 Å². The summed E-state index contributed by atoms with van der Waals surface area (Å²) < 4.78 is 41.4. The zero-order valence-corrected chi connectivity index (χ0v) is 19.0. The van der Waals surface area contributed by atoms with Crippen LogP contribution in [0.25, 0.3) is 10.2 Å². The van der Waals surface area contributed by atoms with Crippen molar-refractivity contribution in [3.63, 3.8) is 0 Å². The molecule has 2 aromatic heterocycles. The summed E-state index contributed by atoms with van der Waals surface area (Å²) in [5.74, 6) is 0.596. The highest BCUT2D eigenvalue weighted by Crippen LogP contribution is 2.40. The van der Waals surface area contributed by atoms with Crippen LogP contribution in [0.1, 0.15) is 49.0 Å². The number of Topliss-reactive ketones (excluding diaryl/α,β-unsaturated/α-hetero) is 1. The SMILES string of the molecule is CCC(=O)c1csc2c(C(F)(F)F)cc(N3CCN(CC(=O)NCC4CC4)[C@@H](C)C3)nc12. The number of aromatic nitrogens is 1. The van der Waals surface area contributed by atoms with Gasteiger partial charge in [-0.25, -0.2) is 4.98 Å². The van der Waals surface area contributed by atoms with Gasteiger partial charge in [-0.1, -0.05) is 6.92 Å². The van der Waals surface area contributed by atoms with Gasteiger partial charge in [0.25, 0.3) is 0 Å². The van der Waals surface area contributed by atoms with Crippen LogP contribution in [-0.2, 0) is 11.0 Å². The molecule has 0 radical (unpaired) electrons. The minimum Gasteiger partial charge on any atom is -0.355 e. The van der Waals surface area contributed by atoms with Gasteiger partial charge in [-0.2, -0.15) is 13.2 Å². The molecule has 10 heteroatoms. The van der Waals surface area contributed by atoms with Crippen LogP contribution in [0.5, 0.6) is 0 Å². The van der Waals surface area contributed by atoms with Gasteiger partial charge in [0, 0.05) is 44.0 Å². The molecule has 0 aromatic carbocycles. The molecule has 1 aliphatic carbocycles. The number of piperazine rings is 1. The zero-order valence-electron chi connectivity index (χ0n) is 18.2. The number of rotatable bonds is 7. The lowest BCUT2D eigenvalue weighted by molar-refractivity contribution is -0.136. The van der Waals surface area contributed by atoms with Crippen molar-refractivity contribution in [2.24, 2.45) is 5.92 Å². The first-order valence-corrected chi connectivity index (χ1v) is 11.8. The van der Waals surface area contributed by atoms with Crippen molar-refractivity contribution >= 4 is 39.1 Å². The molecule has 1 atom stereocenters. The molecule has 4 rings (SSSR count). The third-order valence-electron chi connectivity index (χ3n) is 6.16. The number of nitrogens with one attached hydrogen (secondary N) is 1. The molecular formula is C22H27F3N4O2S. The van der Waals surface area contributed by atoms with Crippen LogP contribution in [0.3, 0.4) is 0 Å². The Morgan fingerprint density at radius 1 is 1.28 bits per heavy atom. The number of ketones is 1. The topological polar surface area (TPSA) is 65.5 Å². The Morgan fingerprint density at radius 3 is 2.66 bits per heavy atom. The van der Waals surface area contributed by atoms with Crippen molar-refractivity contribution in [1.82, 2.24) is 15.2 Å². The van der Waals surface area contributed by atoms with Crippen LogP contribution in [0.15, 0.2) is 11.4 Å². The third-order valence-corrected chi connectivity index (χ3v) is 7.16. The summed E-state index contributed by atoms with van der Waals surface area (Å²) in [7, 11) is 0. The first-order valence-electron chi connectivity index (χ1n) is 11.0. The van der Waals surface area contributed by atoms with Crippen LogP contribution >= 0.6 is 11.3 Å². The van der Waals surface area contributed by atoms with Crippen LogP contribution in [0, 0.1) is 5.92 Å². The fourth-order valence-electron chi connectivity index (χ4n) is 4.01. The maximum atomic E-state index is 13.8. The maximum absolute atomic E-state index is 13.8. The second-order valence-electron chi connectivity index (χ2n) is 8.64. The Kier molecular flexibility index (Phi) is 6.44. The molecule has 1 N–H and O–H groups in total. The fourth-order valence-corrected chi connectivity index (χ4v) is 5.06. The average molecular weight is 469 g/mol. The average Bonchev–Trinajstić information content (AvgIpc) is 3.48. The Bertz CT molecular complexity index is 1020. The number of carbonyl (C=O) groups is 2. The Labute approximate surface area is 188 Å². The van der Waals surface area contributed by atoms with Gasteiger partial charge in [0.1, 0.15) is 5.82 Å². The molecule has 174 valence electrons. The zero-order chi connectivity index (χ0) is 23.0. The molecular weight excluding hydrogens is 441 g/mol. The van der Waals surface area contributed by atoms with Crippen LogP contribution in [0.4, 0.5) is 19.0 Å². The fraction of sp³-hybridized carbons (Fsp3) is 0.591. The second-order valence-corrected chi connectivity index (χ2v) is 9.52. The molecule has 2 aliphatic rings. The summed E-state index contributed by atoms with van der Waals surface area (Å²) in [4.78, 5) is 32.8. The number of fused-ring (bicyclic) bond motifs is 1.